The van der Waals surface area contributed by atoms with Crippen molar-refractivity contribution in [1.29, 1.82) is 0 Å². The molecule has 2 N–H and O–H groups in total. The van der Waals surface area contributed by atoms with Crippen LogP contribution in [0.3, 0.4) is 0 Å². The molecule has 2 aromatic carbocycles. The Morgan fingerprint density at radius 1 is 1.11 bits per heavy atom. The largest absolute Gasteiger partial charge is 0.485 e. The van der Waals surface area contributed by atoms with Gasteiger partial charge in [-0.3, -0.25) is 0 Å². The number of hydrogen-bond acceptors (Lipinski definition) is 2. The summed E-state index contributed by atoms with van der Waals surface area (Å²) in [6, 6.07) is 14.2. The van der Waals surface area contributed by atoms with Crippen molar-refractivity contribution in [3.63, 3.8) is 0 Å². The summed E-state index contributed by atoms with van der Waals surface area (Å²) >= 11 is 0. The smallest absolute Gasteiger partial charge is 0.126 e. The molecule has 92 valence electrons. The van der Waals surface area contributed by atoms with Crippen molar-refractivity contribution in [2.75, 3.05) is 0 Å². The van der Waals surface area contributed by atoms with E-state index < -0.39 is 0 Å². The van der Waals surface area contributed by atoms with Gasteiger partial charge in [-0.05, 0) is 23.8 Å². The zero-order chi connectivity index (χ0) is 12.5. The first-order chi connectivity index (χ1) is 8.74. The molecule has 1 heterocycles. The highest BCUT2D eigenvalue weighted by Gasteiger charge is 2.26. The molecule has 0 aromatic heterocycles. The highest BCUT2D eigenvalue weighted by atomic mass is 19.1. The third-order valence-electron chi connectivity index (χ3n) is 3.28. The van der Waals surface area contributed by atoms with Gasteiger partial charge >= 0.3 is 0 Å². The SMILES string of the molecule is N[C@H]1CC(c2cccc(F)c2)Oc2ccccc21. The molecule has 3 heteroatoms. The minimum atomic E-state index is -0.247. The summed E-state index contributed by atoms with van der Waals surface area (Å²) in [6.07, 6.45) is 0.492. The summed E-state index contributed by atoms with van der Waals surface area (Å²) in [5, 5.41) is 0. The summed E-state index contributed by atoms with van der Waals surface area (Å²) in [6.45, 7) is 0. The van der Waals surface area contributed by atoms with Gasteiger partial charge in [0.15, 0.2) is 0 Å². The van der Waals surface area contributed by atoms with Crippen LogP contribution in [0.5, 0.6) is 5.75 Å². The van der Waals surface area contributed by atoms with Crippen molar-refractivity contribution < 1.29 is 9.13 Å². The minimum Gasteiger partial charge on any atom is -0.485 e. The molecule has 0 radical (unpaired) electrons. The average molecular weight is 243 g/mol. The number of para-hydroxylation sites is 1. The average Bonchev–Trinajstić information content (AvgIpc) is 2.39. The van der Waals surface area contributed by atoms with Crippen LogP contribution < -0.4 is 10.5 Å². The van der Waals surface area contributed by atoms with Gasteiger partial charge in [-0.2, -0.15) is 0 Å². The predicted molar refractivity (Wildman–Crippen MR) is 67.8 cm³/mol. The lowest BCUT2D eigenvalue weighted by Crippen LogP contribution is -2.24. The number of benzene rings is 2. The molecule has 0 spiro atoms. The third-order valence-corrected chi connectivity index (χ3v) is 3.28. The van der Waals surface area contributed by atoms with Gasteiger partial charge in [0.1, 0.15) is 17.7 Å². The lowest BCUT2D eigenvalue weighted by Gasteiger charge is -2.30. The van der Waals surface area contributed by atoms with Gasteiger partial charge in [-0.15, -0.1) is 0 Å². The van der Waals surface area contributed by atoms with Gasteiger partial charge in [-0.1, -0.05) is 30.3 Å². The number of hydrogen-bond donors (Lipinski definition) is 1. The standard InChI is InChI=1S/C15H14FNO/c16-11-5-3-4-10(8-11)15-9-13(17)12-6-1-2-7-14(12)18-15/h1-8,13,15H,9,17H2/t13-,15?/m0/s1. The Balaban J connectivity index is 1.94. The van der Waals surface area contributed by atoms with Crippen molar-refractivity contribution in [2.45, 2.75) is 18.6 Å². The van der Waals surface area contributed by atoms with Gasteiger partial charge in [-0.25, -0.2) is 4.39 Å². The maximum atomic E-state index is 13.2. The van der Waals surface area contributed by atoms with Crippen molar-refractivity contribution in [2.24, 2.45) is 5.73 Å². The molecule has 1 aliphatic rings. The van der Waals surface area contributed by atoms with E-state index >= 15 is 0 Å². The van der Waals surface area contributed by atoms with Crippen LogP contribution in [-0.4, -0.2) is 0 Å². The molecule has 18 heavy (non-hydrogen) atoms. The highest BCUT2D eigenvalue weighted by Crippen LogP contribution is 2.39. The lowest BCUT2D eigenvalue weighted by molar-refractivity contribution is 0.161. The van der Waals surface area contributed by atoms with Crippen LogP contribution >= 0.6 is 0 Å². The minimum absolute atomic E-state index is 0.0665. The van der Waals surface area contributed by atoms with Gasteiger partial charge in [0.05, 0.1) is 0 Å². The van der Waals surface area contributed by atoms with Crippen molar-refractivity contribution in [3.05, 3.63) is 65.5 Å². The second-order valence-electron chi connectivity index (χ2n) is 4.54. The molecule has 2 aromatic rings. The Morgan fingerprint density at radius 2 is 1.94 bits per heavy atom. The molecule has 0 fully saturated rings. The monoisotopic (exact) mass is 243 g/mol. The molecule has 0 saturated heterocycles. The molecule has 0 amide bonds. The summed E-state index contributed by atoms with van der Waals surface area (Å²) in [7, 11) is 0. The van der Waals surface area contributed by atoms with E-state index in [1.165, 1.54) is 12.1 Å². The predicted octanol–water partition coefficient (Wildman–Crippen LogP) is 3.35. The van der Waals surface area contributed by atoms with Gasteiger partial charge < -0.3 is 10.5 Å². The quantitative estimate of drug-likeness (QED) is 0.833. The first kappa shape index (κ1) is 11.2. The second kappa shape index (κ2) is 4.42. The zero-order valence-corrected chi connectivity index (χ0v) is 9.84. The maximum Gasteiger partial charge on any atom is 0.126 e. The van der Waals surface area contributed by atoms with Crippen molar-refractivity contribution >= 4 is 0 Å². The van der Waals surface area contributed by atoms with Crippen molar-refractivity contribution in [1.82, 2.24) is 0 Å². The molecule has 0 bridgehead atoms. The summed E-state index contributed by atoms with van der Waals surface area (Å²) in [5.41, 5.74) is 7.99. The third kappa shape index (κ3) is 1.97. The fourth-order valence-electron chi connectivity index (χ4n) is 2.36. The maximum absolute atomic E-state index is 13.2. The Morgan fingerprint density at radius 3 is 2.78 bits per heavy atom. The van der Waals surface area contributed by atoms with Crippen molar-refractivity contribution in [3.8, 4) is 5.75 Å². The molecule has 3 rings (SSSR count). The summed E-state index contributed by atoms with van der Waals surface area (Å²) in [5.74, 6) is 0.550. The van der Waals surface area contributed by atoms with E-state index in [0.29, 0.717) is 6.42 Å². The summed E-state index contributed by atoms with van der Waals surface area (Å²) in [4.78, 5) is 0. The van der Waals surface area contributed by atoms with Crippen LogP contribution in [0.15, 0.2) is 48.5 Å². The molecule has 0 saturated carbocycles. The lowest BCUT2D eigenvalue weighted by atomic mass is 9.94. The highest BCUT2D eigenvalue weighted by molar-refractivity contribution is 5.39. The van der Waals surface area contributed by atoms with Gasteiger partial charge in [0.25, 0.3) is 0 Å². The van der Waals surface area contributed by atoms with Crippen LogP contribution in [0, 0.1) is 5.82 Å². The number of fused-ring (bicyclic) bond motifs is 1. The Hall–Kier alpha value is -1.87. The fourth-order valence-corrected chi connectivity index (χ4v) is 2.36. The molecule has 2 atom stereocenters. The fraction of sp³-hybridized carbons (Fsp3) is 0.200. The van der Waals surface area contributed by atoms with E-state index in [4.69, 9.17) is 10.5 Å². The summed E-state index contributed by atoms with van der Waals surface area (Å²) < 4.78 is 19.1. The molecule has 2 nitrogen and oxygen atoms in total. The van der Waals surface area contributed by atoms with Crippen LogP contribution in [0.2, 0.25) is 0 Å². The Bertz CT molecular complexity index is 570. The van der Waals surface area contributed by atoms with Gasteiger partial charge in [0.2, 0.25) is 0 Å². The van der Waals surface area contributed by atoms with Crippen LogP contribution in [-0.2, 0) is 0 Å². The molecule has 1 unspecified atom stereocenters. The number of nitrogens with two attached hydrogens (primary N) is 1. The molecular weight excluding hydrogens is 229 g/mol. The van der Waals surface area contributed by atoms with E-state index in [0.717, 1.165) is 16.9 Å². The normalized spacial score (nSPS) is 22.1. The Kier molecular flexibility index (Phi) is 2.76. The topological polar surface area (TPSA) is 35.2 Å². The van der Waals surface area contributed by atoms with Crippen LogP contribution in [0.25, 0.3) is 0 Å². The molecule has 1 aliphatic heterocycles. The number of halogens is 1. The number of rotatable bonds is 1. The Labute approximate surface area is 105 Å². The zero-order valence-electron chi connectivity index (χ0n) is 9.84. The second-order valence-corrected chi connectivity index (χ2v) is 4.54. The van der Waals surface area contributed by atoms with Gasteiger partial charge in [0, 0.05) is 18.0 Å². The van der Waals surface area contributed by atoms with Crippen LogP contribution in [0.4, 0.5) is 4.39 Å². The first-order valence-corrected chi connectivity index (χ1v) is 6.00. The van der Waals surface area contributed by atoms with Crippen LogP contribution in [0.1, 0.15) is 29.7 Å². The molecular formula is C15H14FNO. The number of ether oxygens (including phenoxy) is 1. The van der Waals surface area contributed by atoms with E-state index in [2.05, 4.69) is 0 Å². The van der Waals surface area contributed by atoms with E-state index in [1.807, 2.05) is 30.3 Å². The van der Waals surface area contributed by atoms with E-state index in [9.17, 15) is 4.39 Å². The van der Waals surface area contributed by atoms with E-state index in [-0.39, 0.29) is 18.0 Å². The first-order valence-electron chi connectivity index (χ1n) is 6.00. The molecule has 0 aliphatic carbocycles. The van der Waals surface area contributed by atoms with E-state index in [1.54, 1.807) is 6.07 Å².